The van der Waals surface area contributed by atoms with Gasteiger partial charge >= 0.3 is 0 Å². The first-order valence-electron chi connectivity index (χ1n) is 3.90. The molecule has 0 N–H and O–H groups in total. The lowest BCUT2D eigenvalue weighted by molar-refractivity contribution is 0.0983. The van der Waals surface area contributed by atoms with Crippen LogP contribution in [0.3, 0.4) is 0 Å². The zero-order valence-electron chi connectivity index (χ0n) is 7.17. The predicted octanol–water partition coefficient (Wildman–Crippen LogP) is 3.29. The van der Waals surface area contributed by atoms with Crippen molar-refractivity contribution in [3.63, 3.8) is 0 Å². The molecule has 0 amide bonds. The van der Waals surface area contributed by atoms with E-state index in [-0.39, 0.29) is 5.78 Å². The molecule has 2 heteroatoms. The molecule has 1 aromatic rings. The Hall–Kier alpha value is -0.890. The van der Waals surface area contributed by atoms with Crippen molar-refractivity contribution in [1.29, 1.82) is 0 Å². The number of allylic oxidation sites excluding steroid dienone is 1. The number of ketones is 1. The van der Waals surface area contributed by atoms with Crippen molar-refractivity contribution in [2.24, 2.45) is 0 Å². The lowest BCUT2D eigenvalue weighted by atomic mass is 10.1. The zero-order chi connectivity index (χ0) is 8.97. The Morgan fingerprint density at radius 2 is 2.33 bits per heavy atom. The van der Waals surface area contributed by atoms with Gasteiger partial charge in [-0.15, -0.1) is 6.58 Å². The molecule has 0 aliphatic heterocycles. The molecular weight excluding hydrogens is 168 g/mol. The second kappa shape index (κ2) is 4.21. The van der Waals surface area contributed by atoms with Crippen molar-refractivity contribution in [2.75, 3.05) is 0 Å². The van der Waals surface area contributed by atoms with Gasteiger partial charge in [0.1, 0.15) is 0 Å². The van der Waals surface area contributed by atoms with Gasteiger partial charge in [0.2, 0.25) is 0 Å². The molecule has 0 saturated carbocycles. The molecule has 0 bridgehead atoms. The Morgan fingerprint density at radius 1 is 1.58 bits per heavy atom. The summed E-state index contributed by atoms with van der Waals surface area (Å²) in [6.07, 6.45) is 1.39. The quantitative estimate of drug-likeness (QED) is 0.513. The van der Waals surface area contributed by atoms with Crippen molar-refractivity contribution in [3.05, 3.63) is 34.5 Å². The van der Waals surface area contributed by atoms with Crippen LogP contribution in [0.5, 0.6) is 0 Å². The van der Waals surface area contributed by atoms with E-state index in [2.05, 4.69) is 6.58 Å². The van der Waals surface area contributed by atoms with Crippen LogP contribution in [0.2, 0.25) is 0 Å². The highest BCUT2D eigenvalue weighted by atomic mass is 32.1. The normalized spacial score (nSPS) is 9.75. The number of thiophene rings is 1. The maximum atomic E-state index is 11.4. The summed E-state index contributed by atoms with van der Waals surface area (Å²) in [4.78, 5) is 11.4. The Kier molecular flexibility index (Phi) is 3.23. The predicted molar refractivity (Wildman–Crippen MR) is 52.7 cm³/mol. The van der Waals surface area contributed by atoms with Crippen LogP contribution in [-0.2, 0) is 0 Å². The summed E-state index contributed by atoms with van der Waals surface area (Å²) >= 11 is 1.56. The number of rotatable bonds is 4. The second-order valence-corrected chi connectivity index (χ2v) is 3.67. The van der Waals surface area contributed by atoms with Gasteiger partial charge in [-0.3, -0.25) is 4.79 Å². The van der Waals surface area contributed by atoms with E-state index in [1.54, 1.807) is 11.3 Å². The van der Waals surface area contributed by atoms with Crippen molar-refractivity contribution < 1.29 is 4.79 Å². The van der Waals surface area contributed by atoms with Gasteiger partial charge in [-0.05, 0) is 24.8 Å². The fourth-order valence-corrected chi connectivity index (χ4v) is 1.55. The summed E-state index contributed by atoms with van der Waals surface area (Å²) in [7, 11) is 0. The standard InChI is InChI=1S/C10H12OS/c1-8(2)3-4-10(11)9-5-6-12-7-9/h5-7H,1,3-4H2,2H3. The third kappa shape index (κ3) is 2.62. The van der Waals surface area contributed by atoms with Gasteiger partial charge < -0.3 is 0 Å². The van der Waals surface area contributed by atoms with Gasteiger partial charge in [0, 0.05) is 17.4 Å². The third-order valence-corrected chi connectivity index (χ3v) is 2.31. The molecule has 1 aromatic heterocycles. The maximum Gasteiger partial charge on any atom is 0.164 e. The minimum absolute atomic E-state index is 0.222. The van der Waals surface area contributed by atoms with Crippen LogP contribution in [0.1, 0.15) is 30.1 Å². The molecule has 0 aliphatic rings. The van der Waals surface area contributed by atoms with Crippen LogP contribution in [0.15, 0.2) is 29.0 Å². The Morgan fingerprint density at radius 3 is 2.83 bits per heavy atom. The molecule has 64 valence electrons. The first-order chi connectivity index (χ1) is 5.70. The number of hydrogen-bond donors (Lipinski definition) is 0. The van der Waals surface area contributed by atoms with Gasteiger partial charge in [-0.25, -0.2) is 0 Å². The Bertz CT molecular complexity index is 272. The highest BCUT2D eigenvalue weighted by molar-refractivity contribution is 7.08. The van der Waals surface area contributed by atoms with E-state index < -0.39 is 0 Å². The van der Waals surface area contributed by atoms with E-state index in [1.165, 1.54) is 0 Å². The fourth-order valence-electron chi connectivity index (χ4n) is 0.894. The van der Waals surface area contributed by atoms with Crippen LogP contribution in [0.4, 0.5) is 0 Å². The number of Topliss-reactive ketones (excluding diaryl/α,β-unsaturated/α-hetero) is 1. The molecule has 1 nitrogen and oxygen atoms in total. The average Bonchev–Trinajstić information content (AvgIpc) is 2.51. The number of hydrogen-bond acceptors (Lipinski definition) is 2. The summed E-state index contributed by atoms with van der Waals surface area (Å²) in [5.41, 5.74) is 1.90. The lowest BCUT2D eigenvalue weighted by Crippen LogP contribution is -1.96. The minimum atomic E-state index is 0.222. The molecule has 1 heterocycles. The summed E-state index contributed by atoms with van der Waals surface area (Å²) in [6.45, 7) is 5.70. The largest absolute Gasteiger partial charge is 0.294 e. The van der Waals surface area contributed by atoms with Crippen molar-refractivity contribution in [2.45, 2.75) is 19.8 Å². The van der Waals surface area contributed by atoms with Gasteiger partial charge in [-0.2, -0.15) is 11.3 Å². The molecule has 0 unspecified atom stereocenters. The van der Waals surface area contributed by atoms with Crippen LogP contribution in [0, 0.1) is 0 Å². The topological polar surface area (TPSA) is 17.1 Å². The molecule has 12 heavy (non-hydrogen) atoms. The molecule has 0 fully saturated rings. The van der Waals surface area contributed by atoms with E-state index in [0.717, 1.165) is 17.6 Å². The Balaban J connectivity index is 2.45. The third-order valence-electron chi connectivity index (χ3n) is 1.62. The molecule has 0 radical (unpaired) electrons. The molecule has 0 spiro atoms. The summed E-state index contributed by atoms with van der Waals surface area (Å²) < 4.78 is 0. The van der Waals surface area contributed by atoms with E-state index in [9.17, 15) is 4.79 Å². The van der Waals surface area contributed by atoms with E-state index in [4.69, 9.17) is 0 Å². The maximum absolute atomic E-state index is 11.4. The zero-order valence-corrected chi connectivity index (χ0v) is 7.99. The van der Waals surface area contributed by atoms with Crippen molar-refractivity contribution in [3.8, 4) is 0 Å². The highest BCUT2D eigenvalue weighted by Gasteiger charge is 2.04. The van der Waals surface area contributed by atoms with Crippen LogP contribution < -0.4 is 0 Å². The molecule has 0 saturated heterocycles. The first-order valence-corrected chi connectivity index (χ1v) is 4.84. The van der Waals surface area contributed by atoms with Crippen LogP contribution in [0.25, 0.3) is 0 Å². The molecule has 0 atom stereocenters. The van der Waals surface area contributed by atoms with E-state index in [0.29, 0.717) is 6.42 Å². The monoisotopic (exact) mass is 180 g/mol. The molecule has 0 aromatic carbocycles. The lowest BCUT2D eigenvalue weighted by Gasteiger charge is -1.96. The minimum Gasteiger partial charge on any atom is -0.294 e. The average molecular weight is 180 g/mol. The van der Waals surface area contributed by atoms with Crippen LogP contribution >= 0.6 is 11.3 Å². The fraction of sp³-hybridized carbons (Fsp3) is 0.300. The number of carbonyl (C=O) groups excluding carboxylic acids is 1. The van der Waals surface area contributed by atoms with Crippen LogP contribution in [-0.4, -0.2) is 5.78 Å². The summed E-state index contributed by atoms with van der Waals surface area (Å²) in [5.74, 6) is 0.222. The van der Waals surface area contributed by atoms with Gasteiger partial charge in [-0.1, -0.05) is 5.57 Å². The molecule has 0 aliphatic carbocycles. The smallest absolute Gasteiger partial charge is 0.164 e. The van der Waals surface area contributed by atoms with Gasteiger partial charge in [0.05, 0.1) is 0 Å². The molecule has 1 rings (SSSR count). The highest BCUT2D eigenvalue weighted by Crippen LogP contribution is 2.11. The first kappa shape index (κ1) is 9.20. The van der Waals surface area contributed by atoms with Crippen molar-refractivity contribution in [1.82, 2.24) is 0 Å². The summed E-state index contributed by atoms with van der Waals surface area (Å²) in [5, 5.41) is 3.81. The SMILES string of the molecule is C=C(C)CCC(=O)c1ccsc1. The number of carbonyl (C=O) groups is 1. The van der Waals surface area contributed by atoms with Gasteiger partial charge in [0.15, 0.2) is 5.78 Å². The second-order valence-electron chi connectivity index (χ2n) is 2.89. The van der Waals surface area contributed by atoms with E-state index >= 15 is 0 Å². The van der Waals surface area contributed by atoms with Gasteiger partial charge in [0.25, 0.3) is 0 Å². The molecular formula is C10H12OS. The van der Waals surface area contributed by atoms with Crippen molar-refractivity contribution >= 4 is 17.1 Å². The van der Waals surface area contributed by atoms with E-state index in [1.807, 2.05) is 23.8 Å². The summed E-state index contributed by atoms with van der Waals surface area (Å²) in [6, 6.07) is 1.87. The Labute approximate surface area is 76.7 Å².